The van der Waals surface area contributed by atoms with Gasteiger partial charge in [0.25, 0.3) is 0 Å². The van der Waals surface area contributed by atoms with E-state index < -0.39 is 16.0 Å². The maximum Gasteiger partial charge on any atom is 0.352 e. The second-order valence-electron chi connectivity index (χ2n) is 6.20. The van der Waals surface area contributed by atoms with Crippen molar-refractivity contribution in [2.24, 2.45) is 13.0 Å². The molecule has 1 N–H and O–H groups in total. The van der Waals surface area contributed by atoms with Gasteiger partial charge in [-0.25, -0.2) is 13.2 Å². The standard InChI is InChI=1S/C16H20N2O4S/c1-11-5-7-18(8-6-11)23(21,22)13-3-4-14-12(9-13)10-15(16(19)20)17(14)2/h3-4,9-11H,5-8H2,1-2H3,(H,19,20). The number of aryl methyl sites for hydroxylation is 1. The Balaban J connectivity index is 2.01. The fourth-order valence-electron chi connectivity index (χ4n) is 3.07. The Labute approximate surface area is 135 Å². The molecule has 1 aliphatic rings. The van der Waals surface area contributed by atoms with Crippen molar-refractivity contribution in [3.63, 3.8) is 0 Å². The molecule has 0 saturated carbocycles. The van der Waals surface area contributed by atoms with Crippen molar-refractivity contribution >= 4 is 26.9 Å². The maximum absolute atomic E-state index is 12.8. The molecule has 1 aromatic carbocycles. The quantitative estimate of drug-likeness (QED) is 0.933. The maximum atomic E-state index is 12.8. The first-order valence-electron chi connectivity index (χ1n) is 7.63. The summed E-state index contributed by atoms with van der Waals surface area (Å²) < 4.78 is 28.6. The van der Waals surface area contributed by atoms with Crippen LogP contribution in [-0.4, -0.2) is 41.5 Å². The number of hydrogen-bond donors (Lipinski definition) is 1. The number of benzene rings is 1. The summed E-state index contributed by atoms with van der Waals surface area (Å²) >= 11 is 0. The van der Waals surface area contributed by atoms with E-state index in [1.165, 1.54) is 10.4 Å². The molecule has 2 heterocycles. The summed E-state index contributed by atoms with van der Waals surface area (Å²) in [6.45, 7) is 3.21. The highest BCUT2D eigenvalue weighted by atomic mass is 32.2. The van der Waals surface area contributed by atoms with Crippen LogP contribution in [0, 0.1) is 5.92 Å². The van der Waals surface area contributed by atoms with Crippen LogP contribution >= 0.6 is 0 Å². The summed E-state index contributed by atoms with van der Waals surface area (Å²) in [4.78, 5) is 11.4. The molecular formula is C16H20N2O4S. The number of fused-ring (bicyclic) bond motifs is 1. The number of carboxylic acids is 1. The van der Waals surface area contributed by atoms with Crippen molar-refractivity contribution < 1.29 is 18.3 Å². The Morgan fingerprint density at radius 1 is 1.22 bits per heavy atom. The molecule has 0 atom stereocenters. The van der Waals surface area contributed by atoms with Gasteiger partial charge in [-0.15, -0.1) is 0 Å². The van der Waals surface area contributed by atoms with Gasteiger partial charge < -0.3 is 9.67 Å². The van der Waals surface area contributed by atoms with Crippen LogP contribution in [0.1, 0.15) is 30.3 Å². The van der Waals surface area contributed by atoms with Crippen LogP contribution in [0.4, 0.5) is 0 Å². The smallest absolute Gasteiger partial charge is 0.352 e. The van der Waals surface area contributed by atoms with Gasteiger partial charge in [0, 0.05) is 31.0 Å². The number of sulfonamides is 1. The summed E-state index contributed by atoms with van der Waals surface area (Å²) in [5, 5.41) is 9.80. The second-order valence-corrected chi connectivity index (χ2v) is 8.14. The van der Waals surface area contributed by atoms with Gasteiger partial charge in [-0.2, -0.15) is 4.31 Å². The molecule has 124 valence electrons. The Morgan fingerprint density at radius 3 is 2.48 bits per heavy atom. The minimum absolute atomic E-state index is 0.140. The van der Waals surface area contributed by atoms with E-state index in [-0.39, 0.29) is 10.6 Å². The summed E-state index contributed by atoms with van der Waals surface area (Å²) in [7, 11) is -1.87. The highest BCUT2D eigenvalue weighted by molar-refractivity contribution is 7.89. The minimum Gasteiger partial charge on any atom is -0.477 e. The van der Waals surface area contributed by atoms with Crippen LogP contribution in [-0.2, 0) is 17.1 Å². The summed E-state index contributed by atoms with van der Waals surface area (Å²) in [5.41, 5.74) is 0.843. The number of nitrogens with zero attached hydrogens (tertiary/aromatic N) is 2. The monoisotopic (exact) mass is 336 g/mol. The third-order valence-electron chi connectivity index (χ3n) is 4.61. The molecule has 3 rings (SSSR count). The van der Waals surface area contributed by atoms with Gasteiger partial charge in [-0.1, -0.05) is 6.92 Å². The van der Waals surface area contributed by atoms with Crippen LogP contribution in [0.3, 0.4) is 0 Å². The number of rotatable bonds is 3. The number of aromatic nitrogens is 1. The van der Waals surface area contributed by atoms with Crippen molar-refractivity contribution in [1.29, 1.82) is 0 Å². The Morgan fingerprint density at radius 2 is 1.87 bits per heavy atom. The van der Waals surface area contributed by atoms with Crippen molar-refractivity contribution in [3.8, 4) is 0 Å². The van der Waals surface area contributed by atoms with Crippen LogP contribution in [0.15, 0.2) is 29.2 Å². The predicted octanol–water partition coefficient (Wildman–Crippen LogP) is 2.30. The third-order valence-corrected chi connectivity index (χ3v) is 6.51. The third kappa shape index (κ3) is 2.74. The van der Waals surface area contributed by atoms with Gasteiger partial charge in [0.1, 0.15) is 5.69 Å². The van der Waals surface area contributed by atoms with Gasteiger partial charge in [-0.05, 0) is 43.0 Å². The molecule has 0 radical (unpaired) electrons. The first-order chi connectivity index (χ1) is 10.8. The molecule has 0 bridgehead atoms. The topological polar surface area (TPSA) is 79.6 Å². The van der Waals surface area contributed by atoms with E-state index in [2.05, 4.69) is 6.92 Å². The molecule has 7 heteroatoms. The van der Waals surface area contributed by atoms with E-state index in [1.807, 2.05) is 0 Å². The fourth-order valence-corrected chi connectivity index (χ4v) is 4.57. The number of hydrogen-bond acceptors (Lipinski definition) is 3. The molecule has 2 aromatic rings. The molecule has 6 nitrogen and oxygen atoms in total. The molecule has 1 aromatic heterocycles. The van der Waals surface area contributed by atoms with Crippen LogP contribution in [0.25, 0.3) is 10.9 Å². The van der Waals surface area contributed by atoms with Gasteiger partial charge >= 0.3 is 5.97 Å². The van der Waals surface area contributed by atoms with Gasteiger partial charge in [0.2, 0.25) is 10.0 Å². The van der Waals surface area contributed by atoms with E-state index in [9.17, 15) is 18.3 Å². The normalized spacial score (nSPS) is 17.7. The van der Waals surface area contributed by atoms with Crippen LogP contribution in [0.5, 0.6) is 0 Å². The molecule has 0 amide bonds. The Bertz CT molecular complexity index is 862. The molecule has 0 unspecified atom stereocenters. The largest absolute Gasteiger partial charge is 0.477 e. The lowest BCUT2D eigenvalue weighted by Crippen LogP contribution is -2.37. The average Bonchev–Trinajstić information content (AvgIpc) is 2.84. The minimum atomic E-state index is -3.52. The lowest BCUT2D eigenvalue weighted by molar-refractivity contribution is 0.0687. The van der Waals surface area contributed by atoms with E-state index >= 15 is 0 Å². The zero-order valence-electron chi connectivity index (χ0n) is 13.2. The number of carbonyl (C=O) groups is 1. The van der Waals surface area contributed by atoms with Crippen LogP contribution in [0.2, 0.25) is 0 Å². The van der Waals surface area contributed by atoms with Gasteiger partial charge in [0.15, 0.2) is 0 Å². The fraction of sp³-hybridized carbons (Fsp3) is 0.438. The number of carboxylic acid groups (broad SMARTS) is 1. The van der Waals surface area contributed by atoms with E-state index in [1.54, 1.807) is 29.8 Å². The first-order valence-corrected chi connectivity index (χ1v) is 9.07. The SMILES string of the molecule is CC1CCN(S(=O)(=O)c2ccc3c(c2)cc(C(=O)O)n3C)CC1. The van der Waals surface area contributed by atoms with Gasteiger partial charge in [0.05, 0.1) is 4.90 Å². The van der Waals surface area contributed by atoms with Crippen molar-refractivity contribution in [1.82, 2.24) is 8.87 Å². The lowest BCUT2D eigenvalue weighted by atomic mass is 10.0. The number of piperidine rings is 1. The molecule has 1 saturated heterocycles. The Kier molecular flexibility index (Phi) is 3.93. The molecular weight excluding hydrogens is 316 g/mol. The molecule has 1 fully saturated rings. The van der Waals surface area contributed by atoms with Crippen molar-refractivity contribution in [2.45, 2.75) is 24.7 Å². The number of aromatic carboxylic acids is 1. The van der Waals surface area contributed by atoms with E-state index in [4.69, 9.17) is 0 Å². The molecule has 0 aliphatic carbocycles. The Hall–Kier alpha value is -1.86. The predicted molar refractivity (Wildman–Crippen MR) is 87.0 cm³/mol. The first kappa shape index (κ1) is 16.0. The zero-order valence-corrected chi connectivity index (χ0v) is 14.0. The average molecular weight is 336 g/mol. The summed E-state index contributed by atoms with van der Waals surface area (Å²) in [6.07, 6.45) is 1.74. The van der Waals surface area contributed by atoms with E-state index in [0.29, 0.717) is 29.9 Å². The summed E-state index contributed by atoms with van der Waals surface area (Å²) in [5.74, 6) is -0.477. The molecule has 0 spiro atoms. The molecule has 1 aliphatic heterocycles. The van der Waals surface area contributed by atoms with Crippen LogP contribution < -0.4 is 0 Å². The lowest BCUT2D eigenvalue weighted by Gasteiger charge is -2.29. The second kappa shape index (κ2) is 5.65. The summed E-state index contributed by atoms with van der Waals surface area (Å²) in [6, 6.07) is 6.30. The van der Waals surface area contributed by atoms with Crippen molar-refractivity contribution in [2.75, 3.05) is 13.1 Å². The highest BCUT2D eigenvalue weighted by Gasteiger charge is 2.28. The van der Waals surface area contributed by atoms with Crippen molar-refractivity contribution in [3.05, 3.63) is 30.0 Å². The highest BCUT2D eigenvalue weighted by Crippen LogP contribution is 2.27. The van der Waals surface area contributed by atoms with Gasteiger partial charge in [-0.3, -0.25) is 0 Å². The molecule has 23 heavy (non-hydrogen) atoms. The zero-order chi connectivity index (χ0) is 16.8. The van der Waals surface area contributed by atoms with E-state index in [0.717, 1.165) is 12.8 Å².